The molecule has 0 radical (unpaired) electrons. The van der Waals surface area contributed by atoms with E-state index < -0.39 is 29.7 Å². The minimum absolute atomic E-state index is 0.0894. The van der Waals surface area contributed by atoms with E-state index in [1.165, 1.54) is 29.9 Å². The molecule has 158 valence electrons. The summed E-state index contributed by atoms with van der Waals surface area (Å²) in [6.07, 6.45) is -4.23. The molecule has 1 atom stereocenters. The molecule has 0 saturated carbocycles. The highest BCUT2D eigenvalue weighted by Gasteiger charge is 2.31. The Kier molecular flexibility index (Phi) is 6.33. The number of carbonyl (C=O) groups is 2. The monoisotopic (exact) mass is 456 g/mol. The number of alkyl halides is 3. The molecule has 0 aliphatic carbocycles. The van der Waals surface area contributed by atoms with Gasteiger partial charge in [0.15, 0.2) is 4.80 Å². The maximum atomic E-state index is 13.1. The van der Waals surface area contributed by atoms with Crippen molar-refractivity contribution in [2.24, 2.45) is 4.99 Å². The third-order valence-electron chi connectivity index (χ3n) is 4.39. The lowest BCUT2D eigenvalue weighted by molar-refractivity contribution is -0.144. The number of fused-ring (bicyclic) bond motifs is 1. The number of benzene rings is 2. The molecule has 0 spiro atoms. The van der Waals surface area contributed by atoms with Crippen molar-refractivity contribution in [1.82, 2.24) is 4.57 Å². The first-order valence-corrected chi connectivity index (χ1v) is 10.00. The van der Waals surface area contributed by atoms with Crippen LogP contribution in [0.1, 0.15) is 35.3 Å². The van der Waals surface area contributed by atoms with Gasteiger partial charge in [0.05, 0.1) is 22.9 Å². The molecular formula is C20H16ClF3N2O3S. The van der Waals surface area contributed by atoms with Crippen molar-refractivity contribution in [3.8, 4) is 0 Å². The highest BCUT2D eigenvalue weighted by Crippen LogP contribution is 2.33. The SMILES string of the molecule is CCC(C(=O)OC)n1c(=NC(=O)c2cccc(Cl)c2)sc2cc(C(F)(F)F)ccc21. The summed E-state index contributed by atoms with van der Waals surface area (Å²) >= 11 is 6.80. The smallest absolute Gasteiger partial charge is 0.416 e. The van der Waals surface area contributed by atoms with Crippen molar-refractivity contribution in [3.63, 3.8) is 0 Å². The normalized spacial score (nSPS) is 13.5. The number of hydrogen-bond acceptors (Lipinski definition) is 4. The minimum Gasteiger partial charge on any atom is -0.467 e. The van der Waals surface area contributed by atoms with Crippen molar-refractivity contribution in [1.29, 1.82) is 0 Å². The fraction of sp³-hybridized carbons (Fsp3) is 0.250. The molecule has 30 heavy (non-hydrogen) atoms. The van der Waals surface area contributed by atoms with Gasteiger partial charge in [-0.2, -0.15) is 18.2 Å². The zero-order valence-electron chi connectivity index (χ0n) is 15.9. The lowest BCUT2D eigenvalue weighted by Crippen LogP contribution is -2.28. The molecule has 0 fully saturated rings. The predicted octanol–water partition coefficient (Wildman–Crippen LogP) is 5.24. The summed E-state index contributed by atoms with van der Waals surface area (Å²) in [5.41, 5.74) is -0.265. The summed E-state index contributed by atoms with van der Waals surface area (Å²) in [7, 11) is 1.22. The Hall–Kier alpha value is -2.65. The minimum atomic E-state index is -4.52. The van der Waals surface area contributed by atoms with E-state index in [0.717, 1.165) is 23.5 Å². The Morgan fingerprint density at radius 3 is 2.57 bits per heavy atom. The molecule has 0 N–H and O–H groups in total. The van der Waals surface area contributed by atoms with Crippen molar-refractivity contribution >= 4 is 45.0 Å². The van der Waals surface area contributed by atoms with Crippen LogP contribution in [-0.2, 0) is 15.7 Å². The number of esters is 1. The van der Waals surface area contributed by atoms with Gasteiger partial charge in [0.1, 0.15) is 6.04 Å². The first kappa shape index (κ1) is 22.0. The first-order chi connectivity index (χ1) is 14.2. The van der Waals surface area contributed by atoms with Gasteiger partial charge in [-0.05, 0) is 42.8 Å². The average molecular weight is 457 g/mol. The van der Waals surface area contributed by atoms with Crippen LogP contribution in [0.3, 0.4) is 0 Å². The van der Waals surface area contributed by atoms with Crippen LogP contribution >= 0.6 is 22.9 Å². The second-order valence-electron chi connectivity index (χ2n) is 6.31. The molecule has 10 heteroatoms. The molecule has 2 aromatic carbocycles. The Morgan fingerprint density at radius 2 is 1.97 bits per heavy atom. The van der Waals surface area contributed by atoms with E-state index in [1.54, 1.807) is 19.1 Å². The zero-order valence-corrected chi connectivity index (χ0v) is 17.4. The van der Waals surface area contributed by atoms with Gasteiger partial charge >= 0.3 is 12.1 Å². The number of thiazole rings is 1. The number of carbonyl (C=O) groups excluding carboxylic acids is 2. The molecular weight excluding hydrogens is 441 g/mol. The number of aromatic nitrogens is 1. The van der Waals surface area contributed by atoms with E-state index in [-0.39, 0.29) is 21.5 Å². The van der Waals surface area contributed by atoms with Crippen LogP contribution in [-0.4, -0.2) is 23.6 Å². The fourth-order valence-electron chi connectivity index (χ4n) is 2.96. The second-order valence-corrected chi connectivity index (χ2v) is 7.75. The first-order valence-electron chi connectivity index (χ1n) is 8.80. The van der Waals surface area contributed by atoms with Crippen molar-refractivity contribution in [2.75, 3.05) is 7.11 Å². The number of hydrogen-bond donors (Lipinski definition) is 0. The summed E-state index contributed by atoms with van der Waals surface area (Å²) in [5, 5.41) is 0.344. The number of amides is 1. The van der Waals surface area contributed by atoms with Gasteiger partial charge in [0, 0.05) is 10.6 Å². The largest absolute Gasteiger partial charge is 0.467 e. The lowest BCUT2D eigenvalue weighted by atomic mass is 10.2. The lowest BCUT2D eigenvalue weighted by Gasteiger charge is -2.16. The number of ether oxygens (including phenoxy) is 1. The Labute approximate surface area is 178 Å². The second kappa shape index (κ2) is 8.61. The molecule has 0 saturated heterocycles. The van der Waals surface area contributed by atoms with E-state index in [2.05, 4.69) is 4.99 Å². The topological polar surface area (TPSA) is 60.7 Å². The van der Waals surface area contributed by atoms with Gasteiger partial charge in [-0.1, -0.05) is 35.9 Å². The van der Waals surface area contributed by atoms with Crippen LogP contribution in [0.2, 0.25) is 5.02 Å². The number of methoxy groups -OCH3 is 1. The summed E-state index contributed by atoms with van der Waals surface area (Å²) in [4.78, 5) is 29.1. The van der Waals surface area contributed by atoms with Crippen molar-refractivity contribution < 1.29 is 27.5 Å². The van der Waals surface area contributed by atoms with Crippen molar-refractivity contribution in [2.45, 2.75) is 25.6 Å². The Morgan fingerprint density at radius 1 is 1.23 bits per heavy atom. The van der Waals surface area contributed by atoms with E-state index in [4.69, 9.17) is 16.3 Å². The number of nitrogens with zero attached hydrogens (tertiary/aromatic N) is 2. The molecule has 3 aromatic rings. The van der Waals surface area contributed by atoms with Gasteiger partial charge in [-0.3, -0.25) is 4.79 Å². The van der Waals surface area contributed by atoms with Gasteiger partial charge in [-0.15, -0.1) is 0 Å². The summed E-state index contributed by atoms with van der Waals surface area (Å²) in [6.45, 7) is 1.73. The number of halogens is 4. The highest BCUT2D eigenvalue weighted by atomic mass is 35.5. The molecule has 1 unspecified atom stereocenters. The van der Waals surface area contributed by atoms with Gasteiger partial charge in [0.25, 0.3) is 5.91 Å². The quantitative estimate of drug-likeness (QED) is 0.504. The summed E-state index contributed by atoms with van der Waals surface area (Å²) in [6, 6.07) is 8.46. The third-order valence-corrected chi connectivity index (χ3v) is 5.65. The molecule has 0 aliphatic heterocycles. The molecule has 3 rings (SSSR count). The number of rotatable bonds is 4. The van der Waals surface area contributed by atoms with Crippen LogP contribution in [0.25, 0.3) is 10.2 Å². The van der Waals surface area contributed by atoms with Crippen LogP contribution in [0.15, 0.2) is 47.5 Å². The standard InChI is InChI=1S/C20H16ClF3N2O3S/c1-3-14(18(28)29-2)26-15-8-7-12(20(22,23)24)10-16(15)30-19(26)25-17(27)11-5-4-6-13(21)9-11/h4-10,14H,3H2,1-2H3. The van der Waals surface area contributed by atoms with Crippen LogP contribution in [0, 0.1) is 0 Å². The maximum absolute atomic E-state index is 13.1. The van der Waals surface area contributed by atoms with E-state index in [9.17, 15) is 22.8 Å². The Bertz CT molecular complexity index is 1180. The third kappa shape index (κ3) is 4.41. The van der Waals surface area contributed by atoms with Crippen LogP contribution in [0.5, 0.6) is 0 Å². The molecule has 1 amide bonds. The predicted molar refractivity (Wildman–Crippen MR) is 108 cm³/mol. The van der Waals surface area contributed by atoms with Crippen molar-refractivity contribution in [3.05, 3.63) is 63.4 Å². The molecule has 1 aromatic heterocycles. The molecule has 1 heterocycles. The molecule has 0 bridgehead atoms. The highest BCUT2D eigenvalue weighted by molar-refractivity contribution is 7.16. The molecule has 5 nitrogen and oxygen atoms in total. The van der Waals surface area contributed by atoms with Crippen LogP contribution in [0.4, 0.5) is 13.2 Å². The average Bonchev–Trinajstić information content (AvgIpc) is 3.04. The zero-order chi connectivity index (χ0) is 22.1. The Balaban J connectivity index is 2.26. The molecule has 0 aliphatic rings. The van der Waals surface area contributed by atoms with E-state index >= 15 is 0 Å². The van der Waals surface area contributed by atoms with Gasteiger partial charge in [-0.25, -0.2) is 4.79 Å². The van der Waals surface area contributed by atoms with E-state index in [1.807, 2.05) is 0 Å². The summed E-state index contributed by atoms with van der Waals surface area (Å²) < 4.78 is 45.9. The van der Waals surface area contributed by atoms with Gasteiger partial charge < -0.3 is 9.30 Å². The van der Waals surface area contributed by atoms with Crippen LogP contribution < -0.4 is 4.80 Å². The van der Waals surface area contributed by atoms with E-state index in [0.29, 0.717) is 10.5 Å². The summed E-state index contributed by atoms with van der Waals surface area (Å²) in [5.74, 6) is -1.22. The maximum Gasteiger partial charge on any atom is 0.416 e. The fourth-order valence-corrected chi connectivity index (χ4v) is 4.26. The van der Waals surface area contributed by atoms with Gasteiger partial charge in [0.2, 0.25) is 0 Å².